The van der Waals surface area contributed by atoms with Crippen molar-refractivity contribution in [2.24, 2.45) is 0 Å². The van der Waals surface area contributed by atoms with E-state index in [0.717, 1.165) is 4.88 Å². The highest BCUT2D eigenvalue weighted by atomic mass is 35.5. The second kappa shape index (κ2) is 6.50. The Morgan fingerprint density at radius 3 is 2.81 bits per heavy atom. The summed E-state index contributed by atoms with van der Waals surface area (Å²) in [4.78, 5) is 23.1. The highest BCUT2D eigenvalue weighted by molar-refractivity contribution is 7.16. The Labute approximate surface area is 103 Å². The van der Waals surface area contributed by atoms with Crippen molar-refractivity contribution < 1.29 is 14.3 Å². The van der Waals surface area contributed by atoms with E-state index in [4.69, 9.17) is 11.6 Å². The lowest BCUT2D eigenvalue weighted by Gasteiger charge is -2.03. The number of carbonyl (C=O) groups is 2. The molecule has 1 heterocycles. The number of nitrogens with one attached hydrogen (secondary N) is 1. The van der Waals surface area contributed by atoms with Crippen LogP contribution < -0.4 is 5.32 Å². The third-order valence-electron chi connectivity index (χ3n) is 1.75. The number of rotatable bonds is 4. The van der Waals surface area contributed by atoms with Crippen LogP contribution in [-0.4, -0.2) is 25.0 Å². The van der Waals surface area contributed by atoms with Crippen molar-refractivity contribution in [3.05, 3.63) is 21.3 Å². The Kier molecular flexibility index (Phi) is 5.28. The molecule has 4 nitrogen and oxygen atoms in total. The van der Waals surface area contributed by atoms with Crippen molar-refractivity contribution in [3.8, 4) is 0 Å². The molecule has 0 saturated carbocycles. The summed E-state index contributed by atoms with van der Waals surface area (Å²) in [6, 6.07) is 3.69. The predicted molar refractivity (Wildman–Crippen MR) is 62.7 cm³/mol. The first-order valence-electron chi connectivity index (χ1n) is 4.82. The van der Waals surface area contributed by atoms with E-state index in [1.54, 1.807) is 13.0 Å². The highest BCUT2D eigenvalue weighted by Crippen LogP contribution is 2.21. The van der Waals surface area contributed by atoms with Crippen molar-refractivity contribution in [2.75, 3.05) is 13.2 Å². The Morgan fingerprint density at radius 1 is 1.50 bits per heavy atom. The lowest BCUT2D eigenvalue weighted by Crippen LogP contribution is -2.33. The SMILES string of the molecule is CCOC(=O)C(=O)NCCc1ccc(Cl)s1. The molecule has 1 aromatic rings. The Morgan fingerprint density at radius 2 is 2.25 bits per heavy atom. The summed E-state index contributed by atoms with van der Waals surface area (Å²) >= 11 is 7.21. The number of hydrogen-bond donors (Lipinski definition) is 1. The van der Waals surface area contributed by atoms with E-state index in [1.807, 2.05) is 6.07 Å². The molecule has 0 aliphatic rings. The summed E-state index contributed by atoms with van der Waals surface area (Å²) in [6.07, 6.45) is 0.655. The maximum absolute atomic E-state index is 11.1. The van der Waals surface area contributed by atoms with Gasteiger partial charge in [0.15, 0.2) is 0 Å². The molecule has 16 heavy (non-hydrogen) atoms. The van der Waals surface area contributed by atoms with E-state index < -0.39 is 11.9 Å². The molecule has 0 saturated heterocycles. The van der Waals surface area contributed by atoms with Crippen LogP contribution in [0.1, 0.15) is 11.8 Å². The minimum absolute atomic E-state index is 0.201. The molecule has 0 spiro atoms. The molecule has 1 aromatic heterocycles. The average molecular weight is 262 g/mol. The fraction of sp³-hybridized carbons (Fsp3) is 0.400. The van der Waals surface area contributed by atoms with Gasteiger partial charge in [0.05, 0.1) is 10.9 Å². The number of amides is 1. The molecule has 1 amide bonds. The molecular weight excluding hydrogens is 250 g/mol. The number of thiophene rings is 1. The van der Waals surface area contributed by atoms with Gasteiger partial charge in [0.2, 0.25) is 0 Å². The smallest absolute Gasteiger partial charge is 0.396 e. The molecule has 88 valence electrons. The van der Waals surface area contributed by atoms with E-state index in [0.29, 0.717) is 17.3 Å². The summed E-state index contributed by atoms with van der Waals surface area (Å²) in [5, 5.41) is 2.48. The minimum atomic E-state index is -0.841. The van der Waals surface area contributed by atoms with Gasteiger partial charge in [-0.2, -0.15) is 0 Å². The fourth-order valence-corrected chi connectivity index (χ4v) is 2.14. The van der Waals surface area contributed by atoms with Crippen LogP contribution in [0.25, 0.3) is 0 Å². The van der Waals surface area contributed by atoms with E-state index in [1.165, 1.54) is 11.3 Å². The fourth-order valence-electron chi connectivity index (χ4n) is 1.05. The Balaban J connectivity index is 2.25. The van der Waals surface area contributed by atoms with Gasteiger partial charge in [-0.3, -0.25) is 4.79 Å². The van der Waals surface area contributed by atoms with Gasteiger partial charge >= 0.3 is 11.9 Å². The first kappa shape index (κ1) is 13.0. The summed E-state index contributed by atoms with van der Waals surface area (Å²) in [5.41, 5.74) is 0. The number of esters is 1. The normalized spacial score (nSPS) is 9.88. The molecule has 0 aromatic carbocycles. The van der Waals surface area contributed by atoms with Crippen molar-refractivity contribution in [1.29, 1.82) is 0 Å². The largest absolute Gasteiger partial charge is 0.459 e. The van der Waals surface area contributed by atoms with Crippen molar-refractivity contribution in [3.63, 3.8) is 0 Å². The zero-order valence-electron chi connectivity index (χ0n) is 8.79. The topological polar surface area (TPSA) is 55.4 Å². The molecule has 0 fully saturated rings. The van der Waals surface area contributed by atoms with E-state index >= 15 is 0 Å². The van der Waals surface area contributed by atoms with Crippen molar-refractivity contribution in [2.45, 2.75) is 13.3 Å². The zero-order valence-corrected chi connectivity index (χ0v) is 10.4. The Bertz CT molecular complexity index is 378. The molecule has 0 radical (unpaired) electrons. The van der Waals surface area contributed by atoms with Gasteiger partial charge in [-0.1, -0.05) is 11.6 Å². The van der Waals surface area contributed by atoms with Crippen LogP contribution in [0.5, 0.6) is 0 Å². The van der Waals surface area contributed by atoms with Crippen molar-refractivity contribution in [1.82, 2.24) is 5.32 Å². The number of carbonyl (C=O) groups excluding carboxylic acids is 2. The number of ether oxygens (including phenoxy) is 1. The van der Waals surface area contributed by atoms with E-state index in [-0.39, 0.29) is 6.61 Å². The highest BCUT2D eigenvalue weighted by Gasteiger charge is 2.13. The van der Waals surface area contributed by atoms with E-state index in [9.17, 15) is 9.59 Å². The van der Waals surface area contributed by atoms with Gasteiger partial charge in [0.25, 0.3) is 0 Å². The second-order valence-electron chi connectivity index (χ2n) is 2.93. The summed E-state index contributed by atoms with van der Waals surface area (Å²) < 4.78 is 5.26. The van der Waals surface area contributed by atoms with Crippen LogP contribution in [0, 0.1) is 0 Å². The van der Waals surface area contributed by atoms with Crippen LogP contribution in [-0.2, 0) is 20.7 Å². The van der Waals surface area contributed by atoms with Gasteiger partial charge in [0.1, 0.15) is 0 Å². The quantitative estimate of drug-likeness (QED) is 0.662. The van der Waals surface area contributed by atoms with Gasteiger partial charge < -0.3 is 10.1 Å². The molecule has 1 N–H and O–H groups in total. The lowest BCUT2D eigenvalue weighted by atomic mass is 10.3. The molecular formula is C10H12ClNO3S. The van der Waals surface area contributed by atoms with Crippen LogP contribution in [0.4, 0.5) is 0 Å². The molecule has 0 atom stereocenters. The molecule has 6 heteroatoms. The van der Waals surface area contributed by atoms with Gasteiger partial charge in [-0.15, -0.1) is 11.3 Å². The number of hydrogen-bond acceptors (Lipinski definition) is 4. The predicted octanol–water partition coefficient (Wildman–Crippen LogP) is 1.62. The molecule has 0 aliphatic heterocycles. The van der Waals surface area contributed by atoms with Gasteiger partial charge in [-0.05, 0) is 25.5 Å². The van der Waals surface area contributed by atoms with Crippen LogP contribution >= 0.6 is 22.9 Å². The van der Waals surface area contributed by atoms with E-state index in [2.05, 4.69) is 10.1 Å². The number of halogens is 1. The average Bonchev–Trinajstić information content (AvgIpc) is 2.64. The standard InChI is InChI=1S/C10H12ClNO3S/c1-2-15-10(14)9(13)12-6-5-7-3-4-8(11)16-7/h3-4H,2,5-6H2,1H3,(H,12,13). The first-order chi connectivity index (χ1) is 7.63. The third-order valence-corrected chi connectivity index (χ3v) is 3.04. The van der Waals surface area contributed by atoms with Crippen LogP contribution in [0.3, 0.4) is 0 Å². The Hall–Kier alpha value is -1.07. The maximum atomic E-state index is 11.1. The molecule has 0 bridgehead atoms. The second-order valence-corrected chi connectivity index (χ2v) is 4.73. The van der Waals surface area contributed by atoms with Gasteiger partial charge in [-0.25, -0.2) is 4.79 Å². The summed E-state index contributed by atoms with van der Waals surface area (Å²) in [6.45, 7) is 2.25. The molecule has 1 rings (SSSR count). The molecule has 0 aliphatic carbocycles. The van der Waals surface area contributed by atoms with Gasteiger partial charge in [0, 0.05) is 11.4 Å². The van der Waals surface area contributed by atoms with Crippen LogP contribution in [0.15, 0.2) is 12.1 Å². The minimum Gasteiger partial charge on any atom is -0.459 e. The van der Waals surface area contributed by atoms with Crippen LogP contribution in [0.2, 0.25) is 4.34 Å². The first-order valence-corrected chi connectivity index (χ1v) is 6.02. The molecule has 0 unspecified atom stereocenters. The van der Waals surface area contributed by atoms with Crippen molar-refractivity contribution >= 4 is 34.8 Å². The summed E-state index contributed by atoms with van der Waals surface area (Å²) in [7, 11) is 0. The summed E-state index contributed by atoms with van der Waals surface area (Å²) in [5.74, 6) is -1.55. The maximum Gasteiger partial charge on any atom is 0.396 e. The lowest BCUT2D eigenvalue weighted by molar-refractivity contribution is -0.154. The monoisotopic (exact) mass is 261 g/mol. The zero-order chi connectivity index (χ0) is 12.0. The third kappa shape index (κ3) is 4.20.